The smallest absolute Gasteiger partial charge is 0.0635 e. The molecule has 0 aromatic heterocycles. The lowest BCUT2D eigenvalue weighted by atomic mass is 9.97. The van der Waals surface area contributed by atoms with Gasteiger partial charge < -0.3 is 10.0 Å². The number of nitrogens with zero attached hydrogens (tertiary/aromatic N) is 1. The number of aliphatic hydroxyl groups is 1. The minimum Gasteiger partial charge on any atom is -0.394 e. The summed E-state index contributed by atoms with van der Waals surface area (Å²) in [5.41, 5.74) is 2.67. The molecule has 1 aromatic carbocycles. The van der Waals surface area contributed by atoms with Crippen LogP contribution in [0.5, 0.6) is 0 Å². The molecular formula is C11H15NO. The number of rotatable bonds is 1. The molecule has 0 saturated heterocycles. The number of anilines is 1. The lowest BCUT2D eigenvalue weighted by molar-refractivity contribution is 0.253. The zero-order valence-corrected chi connectivity index (χ0v) is 7.90. The van der Waals surface area contributed by atoms with Gasteiger partial charge in [0.2, 0.25) is 0 Å². The van der Waals surface area contributed by atoms with E-state index in [9.17, 15) is 0 Å². The first-order chi connectivity index (χ1) is 6.33. The second-order valence-corrected chi connectivity index (χ2v) is 3.61. The molecule has 0 fully saturated rings. The molecule has 1 aliphatic rings. The fourth-order valence-electron chi connectivity index (χ4n) is 1.99. The first kappa shape index (κ1) is 8.57. The molecule has 2 nitrogen and oxygen atoms in total. The summed E-state index contributed by atoms with van der Waals surface area (Å²) in [6.45, 7) is 0.255. The van der Waals surface area contributed by atoms with Crippen LogP contribution in [0.25, 0.3) is 0 Å². The van der Waals surface area contributed by atoms with Gasteiger partial charge in [0.15, 0.2) is 0 Å². The number of fused-ring (bicyclic) bond motifs is 1. The number of hydrogen-bond acceptors (Lipinski definition) is 2. The summed E-state index contributed by atoms with van der Waals surface area (Å²) in [6, 6.07) is 8.72. The van der Waals surface area contributed by atoms with Gasteiger partial charge in [-0.25, -0.2) is 0 Å². The molecule has 0 bridgehead atoms. The first-order valence-corrected chi connectivity index (χ1v) is 4.74. The molecule has 0 radical (unpaired) electrons. The third-order valence-electron chi connectivity index (χ3n) is 2.88. The third kappa shape index (κ3) is 1.42. The normalized spacial score (nSPS) is 21.4. The molecule has 13 heavy (non-hydrogen) atoms. The zero-order valence-electron chi connectivity index (χ0n) is 7.90. The SMILES string of the molecule is CN1c2ccccc2CC[C@@H]1CO. The molecule has 0 spiro atoms. The van der Waals surface area contributed by atoms with Crippen molar-refractivity contribution in [1.29, 1.82) is 0 Å². The lowest BCUT2D eigenvalue weighted by Crippen LogP contribution is -2.38. The van der Waals surface area contributed by atoms with E-state index in [1.54, 1.807) is 0 Å². The van der Waals surface area contributed by atoms with Gasteiger partial charge in [0.25, 0.3) is 0 Å². The van der Waals surface area contributed by atoms with Crippen LogP contribution in [0.15, 0.2) is 24.3 Å². The topological polar surface area (TPSA) is 23.5 Å². The van der Waals surface area contributed by atoms with Crippen molar-refractivity contribution in [2.75, 3.05) is 18.6 Å². The number of aryl methyl sites for hydroxylation is 1. The largest absolute Gasteiger partial charge is 0.394 e. The molecule has 2 rings (SSSR count). The Morgan fingerprint density at radius 1 is 1.46 bits per heavy atom. The van der Waals surface area contributed by atoms with Gasteiger partial charge in [-0.3, -0.25) is 0 Å². The molecule has 1 N–H and O–H groups in total. The standard InChI is InChI=1S/C11H15NO/c1-12-10(8-13)7-6-9-4-2-3-5-11(9)12/h2-5,10,13H,6-8H2,1H3/t10-/m1/s1. The van der Waals surface area contributed by atoms with Crippen LogP contribution in [0, 0.1) is 0 Å². The Morgan fingerprint density at radius 2 is 2.23 bits per heavy atom. The van der Waals surface area contributed by atoms with E-state index in [2.05, 4.69) is 36.2 Å². The van der Waals surface area contributed by atoms with Crippen molar-refractivity contribution in [2.24, 2.45) is 0 Å². The van der Waals surface area contributed by atoms with Gasteiger partial charge >= 0.3 is 0 Å². The summed E-state index contributed by atoms with van der Waals surface area (Å²) < 4.78 is 0. The summed E-state index contributed by atoms with van der Waals surface area (Å²) in [5, 5.41) is 9.15. The van der Waals surface area contributed by atoms with Crippen LogP contribution in [0.3, 0.4) is 0 Å². The highest BCUT2D eigenvalue weighted by atomic mass is 16.3. The van der Waals surface area contributed by atoms with Gasteiger partial charge in [0.05, 0.1) is 12.6 Å². The third-order valence-corrected chi connectivity index (χ3v) is 2.88. The average Bonchev–Trinajstić information content (AvgIpc) is 2.19. The van der Waals surface area contributed by atoms with Crippen LogP contribution in [0.4, 0.5) is 5.69 Å². The molecule has 0 aliphatic carbocycles. The molecule has 0 saturated carbocycles. The lowest BCUT2D eigenvalue weighted by Gasteiger charge is -2.34. The summed E-state index contributed by atoms with van der Waals surface area (Å²) in [5.74, 6) is 0. The van der Waals surface area contributed by atoms with Crippen molar-refractivity contribution in [2.45, 2.75) is 18.9 Å². The zero-order chi connectivity index (χ0) is 9.26. The first-order valence-electron chi connectivity index (χ1n) is 4.74. The van der Waals surface area contributed by atoms with Gasteiger partial charge in [-0.15, -0.1) is 0 Å². The van der Waals surface area contributed by atoms with Crippen LogP contribution in [-0.4, -0.2) is 24.8 Å². The van der Waals surface area contributed by atoms with E-state index in [1.807, 2.05) is 0 Å². The van der Waals surface area contributed by atoms with Crippen LogP contribution < -0.4 is 4.90 Å². The molecular weight excluding hydrogens is 162 g/mol. The molecule has 1 atom stereocenters. The van der Waals surface area contributed by atoms with Crippen molar-refractivity contribution >= 4 is 5.69 Å². The molecule has 0 amide bonds. The molecule has 1 heterocycles. The number of likely N-dealkylation sites (N-methyl/N-ethyl adjacent to an activating group) is 1. The highest BCUT2D eigenvalue weighted by molar-refractivity contribution is 5.55. The second-order valence-electron chi connectivity index (χ2n) is 3.61. The van der Waals surface area contributed by atoms with Gasteiger partial charge in [-0.2, -0.15) is 0 Å². The molecule has 2 heteroatoms. The monoisotopic (exact) mass is 177 g/mol. The Kier molecular flexibility index (Phi) is 2.23. The predicted molar refractivity (Wildman–Crippen MR) is 54.0 cm³/mol. The van der Waals surface area contributed by atoms with Crippen molar-refractivity contribution in [3.63, 3.8) is 0 Å². The quantitative estimate of drug-likeness (QED) is 0.701. The average molecular weight is 177 g/mol. The van der Waals surface area contributed by atoms with Crippen molar-refractivity contribution in [1.82, 2.24) is 0 Å². The van der Waals surface area contributed by atoms with E-state index in [-0.39, 0.29) is 6.61 Å². The Labute approximate surface area is 78.8 Å². The minimum absolute atomic E-state index is 0.255. The minimum atomic E-state index is 0.255. The maximum Gasteiger partial charge on any atom is 0.0635 e. The number of hydrogen-bond donors (Lipinski definition) is 1. The van der Waals surface area contributed by atoms with Gasteiger partial charge in [-0.1, -0.05) is 18.2 Å². The second kappa shape index (κ2) is 3.38. The molecule has 1 aliphatic heterocycles. The summed E-state index contributed by atoms with van der Waals surface area (Å²) in [6.07, 6.45) is 2.15. The maximum atomic E-state index is 9.15. The van der Waals surface area contributed by atoms with Gasteiger partial charge in [0, 0.05) is 12.7 Å². The predicted octanol–water partition coefficient (Wildman–Crippen LogP) is 1.43. The van der Waals surface area contributed by atoms with E-state index in [0.717, 1.165) is 12.8 Å². The molecule has 1 aromatic rings. The fourth-order valence-corrected chi connectivity index (χ4v) is 1.99. The van der Waals surface area contributed by atoms with E-state index in [0.29, 0.717) is 6.04 Å². The van der Waals surface area contributed by atoms with E-state index in [4.69, 9.17) is 5.11 Å². The van der Waals surface area contributed by atoms with Crippen molar-refractivity contribution in [3.05, 3.63) is 29.8 Å². The van der Waals surface area contributed by atoms with Crippen LogP contribution in [0.2, 0.25) is 0 Å². The maximum absolute atomic E-state index is 9.15. The highest BCUT2D eigenvalue weighted by Gasteiger charge is 2.21. The number of aliphatic hydroxyl groups excluding tert-OH is 1. The Morgan fingerprint density at radius 3 is 3.00 bits per heavy atom. The Bertz CT molecular complexity index is 298. The van der Waals surface area contributed by atoms with Gasteiger partial charge in [0.1, 0.15) is 0 Å². The number of para-hydroxylation sites is 1. The Hall–Kier alpha value is -1.02. The van der Waals surface area contributed by atoms with Crippen LogP contribution >= 0.6 is 0 Å². The van der Waals surface area contributed by atoms with E-state index >= 15 is 0 Å². The highest BCUT2D eigenvalue weighted by Crippen LogP contribution is 2.28. The molecule has 70 valence electrons. The summed E-state index contributed by atoms with van der Waals surface area (Å²) >= 11 is 0. The number of benzene rings is 1. The summed E-state index contributed by atoms with van der Waals surface area (Å²) in [4.78, 5) is 2.18. The van der Waals surface area contributed by atoms with Gasteiger partial charge in [-0.05, 0) is 24.5 Å². The van der Waals surface area contributed by atoms with Crippen LogP contribution in [0.1, 0.15) is 12.0 Å². The van der Waals surface area contributed by atoms with Crippen molar-refractivity contribution in [3.8, 4) is 0 Å². The summed E-state index contributed by atoms with van der Waals surface area (Å²) in [7, 11) is 2.05. The van der Waals surface area contributed by atoms with E-state index in [1.165, 1.54) is 11.3 Å². The molecule has 0 unspecified atom stereocenters. The van der Waals surface area contributed by atoms with Crippen LogP contribution in [-0.2, 0) is 6.42 Å². The van der Waals surface area contributed by atoms with E-state index < -0.39 is 0 Å². The van der Waals surface area contributed by atoms with Crippen molar-refractivity contribution < 1.29 is 5.11 Å². The Balaban J connectivity index is 2.33. The fraction of sp³-hybridized carbons (Fsp3) is 0.455.